The first-order chi connectivity index (χ1) is 3.75. The lowest BCUT2D eigenvalue weighted by Crippen LogP contribution is -2.56. The van der Waals surface area contributed by atoms with E-state index in [2.05, 4.69) is 4.99 Å². The van der Waals surface area contributed by atoms with E-state index < -0.39 is 0 Å². The van der Waals surface area contributed by atoms with Crippen LogP contribution in [0, 0.1) is 0 Å². The smallest absolute Gasteiger partial charge is 0.113 e. The van der Waals surface area contributed by atoms with Crippen molar-refractivity contribution in [2.24, 2.45) is 22.2 Å². The fourth-order valence-corrected chi connectivity index (χ4v) is 0.672. The van der Waals surface area contributed by atoms with Crippen LogP contribution in [0.25, 0.3) is 0 Å². The SMILES string of the molecule is NCC1N=C(N)C1N. The molecule has 0 aromatic heterocycles. The number of hydrogen-bond acceptors (Lipinski definition) is 4. The lowest BCUT2D eigenvalue weighted by atomic mass is 10.0. The molecule has 4 heteroatoms. The summed E-state index contributed by atoms with van der Waals surface area (Å²) >= 11 is 0. The molecule has 0 aromatic rings. The molecular formula is C4H10N4. The van der Waals surface area contributed by atoms with Crippen molar-refractivity contribution in [1.82, 2.24) is 0 Å². The van der Waals surface area contributed by atoms with Crippen molar-refractivity contribution >= 4 is 5.84 Å². The van der Waals surface area contributed by atoms with E-state index in [-0.39, 0.29) is 12.1 Å². The van der Waals surface area contributed by atoms with Crippen LogP contribution in [0.1, 0.15) is 0 Å². The quantitative estimate of drug-likeness (QED) is 0.368. The highest BCUT2D eigenvalue weighted by Crippen LogP contribution is 2.05. The van der Waals surface area contributed by atoms with Crippen molar-refractivity contribution in [2.75, 3.05) is 6.54 Å². The normalized spacial score (nSPS) is 36.0. The Kier molecular flexibility index (Phi) is 1.19. The minimum Gasteiger partial charge on any atom is -0.386 e. The molecule has 0 aliphatic carbocycles. The van der Waals surface area contributed by atoms with Crippen molar-refractivity contribution in [3.05, 3.63) is 0 Å². The zero-order valence-corrected chi connectivity index (χ0v) is 4.54. The molecule has 1 aliphatic heterocycles. The van der Waals surface area contributed by atoms with Gasteiger partial charge in [-0.1, -0.05) is 0 Å². The predicted molar refractivity (Wildman–Crippen MR) is 32.4 cm³/mol. The van der Waals surface area contributed by atoms with Crippen molar-refractivity contribution in [3.63, 3.8) is 0 Å². The van der Waals surface area contributed by atoms with E-state index in [1.807, 2.05) is 0 Å². The van der Waals surface area contributed by atoms with Crippen molar-refractivity contribution < 1.29 is 0 Å². The summed E-state index contributed by atoms with van der Waals surface area (Å²) in [6.07, 6.45) is 0. The average Bonchev–Trinajstić information content (AvgIpc) is 1.81. The fraction of sp³-hybridized carbons (Fsp3) is 0.750. The molecule has 4 nitrogen and oxygen atoms in total. The van der Waals surface area contributed by atoms with E-state index in [0.29, 0.717) is 12.4 Å². The Morgan fingerprint density at radius 2 is 2.25 bits per heavy atom. The third-order valence-corrected chi connectivity index (χ3v) is 1.31. The average molecular weight is 114 g/mol. The van der Waals surface area contributed by atoms with Crippen LogP contribution in [0.5, 0.6) is 0 Å². The van der Waals surface area contributed by atoms with Crippen LogP contribution in [0.2, 0.25) is 0 Å². The van der Waals surface area contributed by atoms with Gasteiger partial charge in [-0.3, -0.25) is 4.99 Å². The molecule has 8 heavy (non-hydrogen) atoms. The van der Waals surface area contributed by atoms with Crippen molar-refractivity contribution in [2.45, 2.75) is 12.1 Å². The standard InChI is InChI=1S/C4H10N4/c5-1-2-3(6)4(7)8-2/h2-3H,1,5-6H2,(H2,7,8). The molecule has 0 saturated heterocycles. The van der Waals surface area contributed by atoms with Gasteiger partial charge in [0.15, 0.2) is 0 Å². The number of nitrogens with zero attached hydrogens (tertiary/aromatic N) is 1. The fourth-order valence-electron chi connectivity index (χ4n) is 0.672. The van der Waals surface area contributed by atoms with Crippen LogP contribution >= 0.6 is 0 Å². The molecule has 1 rings (SSSR count). The summed E-state index contributed by atoms with van der Waals surface area (Å²) in [5.41, 5.74) is 15.9. The van der Waals surface area contributed by atoms with Gasteiger partial charge in [0.05, 0.1) is 12.1 Å². The molecule has 1 heterocycles. The lowest BCUT2D eigenvalue weighted by Gasteiger charge is -2.27. The highest BCUT2D eigenvalue weighted by Gasteiger charge is 2.27. The third-order valence-electron chi connectivity index (χ3n) is 1.31. The van der Waals surface area contributed by atoms with Gasteiger partial charge in [0, 0.05) is 6.54 Å². The topological polar surface area (TPSA) is 90.4 Å². The molecule has 0 radical (unpaired) electrons. The van der Waals surface area contributed by atoms with Gasteiger partial charge >= 0.3 is 0 Å². The van der Waals surface area contributed by atoms with Crippen LogP contribution in [-0.2, 0) is 0 Å². The number of aliphatic imine (C=N–C) groups is 1. The number of hydrogen-bond donors (Lipinski definition) is 3. The molecule has 0 bridgehead atoms. The van der Waals surface area contributed by atoms with E-state index in [1.54, 1.807) is 0 Å². The van der Waals surface area contributed by atoms with Crippen molar-refractivity contribution in [3.8, 4) is 0 Å². The molecule has 0 aromatic carbocycles. The number of amidine groups is 1. The summed E-state index contributed by atoms with van der Waals surface area (Å²) in [7, 11) is 0. The minimum absolute atomic E-state index is 0.0787. The second-order valence-electron chi connectivity index (χ2n) is 1.88. The maximum Gasteiger partial charge on any atom is 0.113 e. The minimum atomic E-state index is -0.0833. The van der Waals surface area contributed by atoms with Gasteiger partial charge in [-0.15, -0.1) is 0 Å². The second kappa shape index (κ2) is 1.72. The zero-order valence-electron chi connectivity index (χ0n) is 4.54. The summed E-state index contributed by atoms with van der Waals surface area (Å²) in [6.45, 7) is 0.502. The van der Waals surface area contributed by atoms with Gasteiger partial charge in [0.25, 0.3) is 0 Å². The van der Waals surface area contributed by atoms with Gasteiger partial charge in [-0.05, 0) is 0 Å². The summed E-state index contributed by atoms with van der Waals surface area (Å²) in [5, 5.41) is 0. The Balaban J connectivity index is 2.47. The molecule has 0 amide bonds. The summed E-state index contributed by atoms with van der Waals surface area (Å²) in [4.78, 5) is 3.87. The largest absolute Gasteiger partial charge is 0.386 e. The van der Waals surface area contributed by atoms with Gasteiger partial charge < -0.3 is 17.2 Å². The maximum absolute atomic E-state index is 5.44. The van der Waals surface area contributed by atoms with E-state index in [1.165, 1.54) is 0 Å². The summed E-state index contributed by atoms with van der Waals surface area (Å²) < 4.78 is 0. The molecule has 2 unspecified atom stereocenters. The van der Waals surface area contributed by atoms with Gasteiger partial charge in [0.1, 0.15) is 5.84 Å². The van der Waals surface area contributed by atoms with E-state index in [9.17, 15) is 0 Å². The summed E-state index contributed by atoms with van der Waals surface area (Å²) in [5.74, 6) is 0.528. The molecule has 1 aliphatic rings. The third kappa shape index (κ3) is 0.579. The lowest BCUT2D eigenvalue weighted by molar-refractivity contribution is 0.573. The molecule has 46 valence electrons. The second-order valence-corrected chi connectivity index (χ2v) is 1.88. The summed E-state index contributed by atoms with van der Waals surface area (Å²) in [6, 6.07) is -0.00463. The first-order valence-electron chi connectivity index (χ1n) is 2.54. The molecule has 2 atom stereocenters. The first-order valence-corrected chi connectivity index (χ1v) is 2.54. The van der Waals surface area contributed by atoms with Crippen LogP contribution < -0.4 is 17.2 Å². The van der Waals surface area contributed by atoms with Gasteiger partial charge in [-0.25, -0.2) is 0 Å². The number of nitrogens with two attached hydrogens (primary N) is 3. The van der Waals surface area contributed by atoms with Crippen LogP contribution in [0.15, 0.2) is 4.99 Å². The van der Waals surface area contributed by atoms with E-state index in [0.717, 1.165) is 0 Å². The monoisotopic (exact) mass is 114 g/mol. The molecule has 6 N–H and O–H groups in total. The van der Waals surface area contributed by atoms with E-state index >= 15 is 0 Å². The van der Waals surface area contributed by atoms with E-state index in [4.69, 9.17) is 17.2 Å². The molecular weight excluding hydrogens is 104 g/mol. The highest BCUT2D eigenvalue weighted by molar-refractivity contribution is 5.91. The Morgan fingerprint density at radius 3 is 2.38 bits per heavy atom. The first kappa shape index (κ1) is 5.53. The Morgan fingerprint density at radius 1 is 1.62 bits per heavy atom. The predicted octanol–water partition coefficient (Wildman–Crippen LogP) is -1.99. The molecule has 0 saturated carbocycles. The zero-order chi connectivity index (χ0) is 6.15. The van der Waals surface area contributed by atoms with Crippen LogP contribution in [0.4, 0.5) is 0 Å². The maximum atomic E-state index is 5.44. The van der Waals surface area contributed by atoms with Gasteiger partial charge in [-0.2, -0.15) is 0 Å². The molecule has 0 spiro atoms. The van der Waals surface area contributed by atoms with Crippen LogP contribution in [0.3, 0.4) is 0 Å². The van der Waals surface area contributed by atoms with Crippen LogP contribution in [-0.4, -0.2) is 24.5 Å². The van der Waals surface area contributed by atoms with Gasteiger partial charge in [0.2, 0.25) is 0 Å². The highest BCUT2D eigenvalue weighted by atomic mass is 15.1. The Labute approximate surface area is 47.7 Å². The number of rotatable bonds is 1. The molecule has 0 fully saturated rings. The Bertz CT molecular complexity index is 119. The van der Waals surface area contributed by atoms with Crippen molar-refractivity contribution in [1.29, 1.82) is 0 Å². The Hall–Kier alpha value is -0.610.